The first kappa shape index (κ1) is 18.4. The fraction of sp³-hybridized carbons (Fsp3) is 0.556. The van der Waals surface area contributed by atoms with E-state index in [1.807, 2.05) is 11.9 Å². The van der Waals surface area contributed by atoms with Crippen molar-refractivity contribution in [3.63, 3.8) is 0 Å². The van der Waals surface area contributed by atoms with Gasteiger partial charge < -0.3 is 10.4 Å². The van der Waals surface area contributed by atoms with E-state index in [1.54, 1.807) is 12.1 Å². The zero-order valence-corrected chi connectivity index (χ0v) is 14.1. The number of nitrogens with one attached hydrogen (secondary N) is 1. The Bertz CT molecular complexity index is 568. The number of carboxylic acid groups (broad SMARTS) is 1. The SMILES string of the molecule is CN(CC(=O)NC1(CC(=O)O)CCCCC1)Cc1ccc(F)cc1. The zero-order chi connectivity index (χ0) is 17.6. The van der Waals surface area contributed by atoms with Crippen molar-refractivity contribution in [1.29, 1.82) is 0 Å². The molecule has 1 saturated carbocycles. The van der Waals surface area contributed by atoms with Gasteiger partial charge in [-0.05, 0) is 37.6 Å². The standard InChI is InChI=1S/C18H25FN2O3/c1-21(12-14-5-7-15(19)8-6-14)13-16(22)20-18(11-17(23)24)9-3-2-4-10-18/h5-8H,2-4,9-13H2,1H3,(H,20,22)(H,23,24). The van der Waals surface area contributed by atoms with E-state index < -0.39 is 11.5 Å². The summed E-state index contributed by atoms with van der Waals surface area (Å²) in [6, 6.07) is 6.17. The molecule has 2 N–H and O–H groups in total. The van der Waals surface area contributed by atoms with E-state index in [1.165, 1.54) is 12.1 Å². The number of benzene rings is 1. The van der Waals surface area contributed by atoms with Gasteiger partial charge in [0.25, 0.3) is 0 Å². The van der Waals surface area contributed by atoms with Crippen LogP contribution in [0.3, 0.4) is 0 Å². The van der Waals surface area contributed by atoms with Crippen molar-refractivity contribution < 1.29 is 19.1 Å². The number of carboxylic acids is 1. The molecular formula is C18H25FN2O3. The second-order valence-corrected chi connectivity index (χ2v) is 6.76. The fourth-order valence-electron chi connectivity index (χ4n) is 3.40. The van der Waals surface area contributed by atoms with Gasteiger partial charge in [0, 0.05) is 6.54 Å². The lowest BCUT2D eigenvalue weighted by atomic mass is 9.79. The first-order valence-electron chi connectivity index (χ1n) is 8.34. The van der Waals surface area contributed by atoms with Gasteiger partial charge in [-0.3, -0.25) is 14.5 Å². The Hall–Kier alpha value is -1.95. The van der Waals surface area contributed by atoms with Crippen molar-refractivity contribution in [2.75, 3.05) is 13.6 Å². The van der Waals surface area contributed by atoms with Crippen molar-refractivity contribution >= 4 is 11.9 Å². The van der Waals surface area contributed by atoms with Crippen molar-refractivity contribution in [1.82, 2.24) is 10.2 Å². The number of carbonyl (C=O) groups is 2. The first-order valence-corrected chi connectivity index (χ1v) is 8.34. The highest BCUT2D eigenvalue weighted by molar-refractivity contribution is 5.80. The van der Waals surface area contributed by atoms with Crippen LogP contribution < -0.4 is 5.32 Å². The van der Waals surface area contributed by atoms with E-state index in [0.717, 1.165) is 24.8 Å². The average Bonchev–Trinajstić information content (AvgIpc) is 2.49. The summed E-state index contributed by atoms with van der Waals surface area (Å²) in [6.07, 6.45) is 4.37. The number of likely N-dealkylation sites (N-methyl/N-ethyl adjacent to an activating group) is 1. The van der Waals surface area contributed by atoms with Gasteiger partial charge in [0.1, 0.15) is 5.82 Å². The van der Waals surface area contributed by atoms with Gasteiger partial charge >= 0.3 is 5.97 Å². The molecule has 2 rings (SSSR count). The van der Waals surface area contributed by atoms with Crippen molar-refractivity contribution in [3.05, 3.63) is 35.6 Å². The number of carbonyl (C=O) groups excluding carboxylic acids is 1. The van der Waals surface area contributed by atoms with E-state index >= 15 is 0 Å². The Morgan fingerprint density at radius 1 is 1.21 bits per heavy atom. The predicted octanol–water partition coefficient (Wildman–Crippen LogP) is 2.55. The van der Waals surface area contributed by atoms with Crippen LogP contribution in [0.15, 0.2) is 24.3 Å². The maximum Gasteiger partial charge on any atom is 0.305 e. The van der Waals surface area contributed by atoms with Gasteiger partial charge in [0.2, 0.25) is 5.91 Å². The minimum Gasteiger partial charge on any atom is -0.481 e. The second kappa shape index (κ2) is 8.24. The molecule has 5 nitrogen and oxygen atoms in total. The number of amides is 1. The monoisotopic (exact) mass is 336 g/mol. The molecule has 0 heterocycles. The summed E-state index contributed by atoms with van der Waals surface area (Å²) in [5, 5.41) is 12.1. The number of nitrogens with zero attached hydrogens (tertiary/aromatic N) is 1. The third-order valence-electron chi connectivity index (χ3n) is 4.48. The van der Waals surface area contributed by atoms with Gasteiger partial charge in [-0.1, -0.05) is 31.4 Å². The third-order valence-corrected chi connectivity index (χ3v) is 4.48. The molecule has 0 saturated heterocycles. The predicted molar refractivity (Wildman–Crippen MR) is 88.9 cm³/mol. The summed E-state index contributed by atoms with van der Waals surface area (Å²) in [4.78, 5) is 25.3. The van der Waals surface area contributed by atoms with Gasteiger partial charge in [0.15, 0.2) is 0 Å². The highest BCUT2D eigenvalue weighted by Crippen LogP contribution is 2.31. The molecule has 1 aromatic carbocycles. The minimum absolute atomic E-state index is 0.0274. The second-order valence-electron chi connectivity index (χ2n) is 6.76. The molecule has 0 aromatic heterocycles. The first-order chi connectivity index (χ1) is 11.4. The number of halogens is 1. The van der Waals surface area contributed by atoms with Gasteiger partial charge in [-0.25, -0.2) is 4.39 Å². The summed E-state index contributed by atoms with van der Waals surface area (Å²) in [6.45, 7) is 0.707. The third kappa shape index (κ3) is 5.60. The van der Waals surface area contributed by atoms with Crippen molar-refractivity contribution in [3.8, 4) is 0 Å². The quantitative estimate of drug-likeness (QED) is 0.803. The molecule has 24 heavy (non-hydrogen) atoms. The number of aliphatic carboxylic acids is 1. The molecule has 0 unspecified atom stereocenters. The molecule has 0 aliphatic heterocycles. The van der Waals surface area contributed by atoms with E-state index in [-0.39, 0.29) is 24.7 Å². The van der Waals surface area contributed by atoms with E-state index in [0.29, 0.717) is 19.4 Å². The van der Waals surface area contributed by atoms with Crippen LogP contribution in [0.4, 0.5) is 4.39 Å². The van der Waals surface area contributed by atoms with Crippen molar-refractivity contribution in [2.24, 2.45) is 0 Å². The molecular weight excluding hydrogens is 311 g/mol. The highest BCUT2D eigenvalue weighted by Gasteiger charge is 2.35. The van der Waals surface area contributed by atoms with Crippen LogP contribution in [0, 0.1) is 5.82 Å². The van der Waals surface area contributed by atoms with Crippen LogP contribution in [0.1, 0.15) is 44.1 Å². The lowest BCUT2D eigenvalue weighted by molar-refractivity contribution is -0.139. The molecule has 0 radical (unpaired) electrons. The molecule has 0 bridgehead atoms. The minimum atomic E-state index is -0.878. The lowest BCUT2D eigenvalue weighted by Crippen LogP contribution is -2.53. The Morgan fingerprint density at radius 2 is 1.83 bits per heavy atom. The Kier molecular flexibility index (Phi) is 6.31. The van der Waals surface area contributed by atoms with Gasteiger partial charge in [-0.2, -0.15) is 0 Å². The molecule has 1 fully saturated rings. The van der Waals surface area contributed by atoms with E-state index in [4.69, 9.17) is 5.11 Å². The maximum absolute atomic E-state index is 12.9. The fourth-order valence-corrected chi connectivity index (χ4v) is 3.40. The zero-order valence-electron chi connectivity index (χ0n) is 14.1. The Morgan fingerprint density at radius 3 is 2.42 bits per heavy atom. The van der Waals surface area contributed by atoms with Crippen LogP contribution in [-0.2, 0) is 16.1 Å². The maximum atomic E-state index is 12.9. The summed E-state index contributed by atoms with van der Waals surface area (Å²) >= 11 is 0. The summed E-state index contributed by atoms with van der Waals surface area (Å²) in [5.74, 6) is -1.33. The normalized spacial score (nSPS) is 16.8. The number of hydrogen-bond acceptors (Lipinski definition) is 3. The van der Waals surface area contributed by atoms with Crippen LogP contribution in [-0.4, -0.2) is 41.0 Å². The Labute approximate surface area is 141 Å². The molecule has 6 heteroatoms. The van der Waals surface area contributed by atoms with Crippen LogP contribution in [0.2, 0.25) is 0 Å². The van der Waals surface area contributed by atoms with Crippen LogP contribution >= 0.6 is 0 Å². The Balaban J connectivity index is 1.89. The van der Waals surface area contributed by atoms with Crippen molar-refractivity contribution in [2.45, 2.75) is 50.6 Å². The highest BCUT2D eigenvalue weighted by atomic mass is 19.1. The van der Waals surface area contributed by atoms with Gasteiger partial charge in [-0.15, -0.1) is 0 Å². The smallest absolute Gasteiger partial charge is 0.305 e. The molecule has 0 atom stereocenters. The van der Waals surface area contributed by atoms with Gasteiger partial charge in [0.05, 0.1) is 18.5 Å². The average molecular weight is 336 g/mol. The molecule has 132 valence electrons. The number of rotatable bonds is 7. The molecule has 1 aromatic rings. The van der Waals surface area contributed by atoms with E-state index in [2.05, 4.69) is 5.32 Å². The number of hydrogen-bond donors (Lipinski definition) is 2. The largest absolute Gasteiger partial charge is 0.481 e. The summed E-state index contributed by atoms with van der Waals surface area (Å²) < 4.78 is 12.9. The summed E-state index contributed by atoms with van der Waals surface area (Å²) in [7, 11) is 1.81. The molecule has 1 amide bonds. The summed E-state index contributed by atoms with van der Waals surface area (Å²) in [5.41, 5.74) is 0.308. The van der Waals surface area contributed by atoms with E-state index in [9.17, 15) is 14.0 Å². The topological polar surface area (TPSA) is 69.6 Å². The van der Waals surface area contributed by atoms with Crippen LogP contribution in [0.25, 0.3) is 0 Å². The molecule has 1 aliphatic rings. The molecule has 0 spiro atoms. The molecule has 1 aliphatic carbocycles. The lowest BCUT2D eigenvalue weighted by Gasteiger charge is -2.37. The van der Waals surface area contributed by atoms with Crippen LogP contribution in [0.5, 0.6) is 0 Å².